The van der Waals surface area contributed by atoms with Crippen molar-refractivity contribution in [1.29, 1.82) is 0 Å². The van der Waals surface area contributed by atoms with Crippen molar-refractivity contribution in [3.8, 4) is 11.6 Å². The molecule has 26 heavy (non-hydrogen) atoms. The third-order valence-corrected chi connectivity index (χ3v) is 4.63. The molecule has 1 aromatic heterocycles. The fourth-order valence-corrected chi connectivity index (χ4v) is 3.13. The summed E-state index contributed by atoms with van der Waals surface area (Å²) >= 11 is 0. The minimum atomic E-state index is 0.0338. The Balaban J connectivity index is 1.57. The van der Waals surface area contributed by atoms with E-state index >= 15 is 0 Å². The number of carbonyl (C=O) groups is 1. The van der Waals surface area contributed by atoms with Crippen LogP contribution < -0.4 is 9.47 Å². The third-order valence-electron chi connectivity index (χ3n) is 4.63. The second-order valence-electron chi connectivity index (χ2n) is 6.36. The van der Waals surface area contributed by atoms with E-state index in [0.29, 0.717) is 11.4 Å². The Kier molecular flexibility index (Phi) is 6.07. The van der Waals surface area contributed by atoms with E-state index in [4.69, 9.17) is 9.47 Å². The highest BCUT2D eigenvalue weighted by Gasteiger charge is 2.20. The maximum Gasteiger partial charge on any atom is 0.255 e. The molecule has 1 aliphatic rings. The van der Waals surface area contributed by atoms with Crippen LogP contribution in [-0.4, -0.2) is 61.1 Å². The van der Waals surface area contributed by atoms with Crippen LogP contribution in [0.2, 0.25) is 0 Å². The number of carbonyl (C=O) groups excluding carboxylic acids is 1. The van der Waals surface area contributed by atoms with Gasteiger partial charge in [0.15, 0.2) is 0 Å². The van der Waals surface area contributed by atoms with Gasteiger partial charge in [-0.05, 0) is 30.2 Å². The lowest BCUT2D eigenvalue weighted by Gasteiger charge is -2.22. The number of amides is 1. The molecule has 0 N–H and O–H groups in total. The lowest BCUT2D eigenvalue weighted by Crippen LogP contribution is -2.35. The van der Waals surface area contributed by atoms with Gasteiger partial charge in [0.1, 0.15) is 5.75 Å². The zero-order valence-corrected chi connectivity index (χ0v) is 15.4. The van der Waals surface area contributed by atoms with Gasteiger partial charge in [-0.2, -0.15) is 0 Å². The molecule has 1 aliphatic heterocycles. The first-order chi connectivity index (χ1) is 12.7. The molecule has 0 bridgehead atoms. The minimum absolute atomic E-state index is 0.0338. The van der Waals surface area contributed by atoms with E-state index in [1.165, 1.54) is 5.56 Å². The molecule has 138 valence electrons. The molecule has 0 atom stereocenters. The average Bonchev–Trinajstić information content (AvgIpc) is 2.94. The van der Waals surface area contributed by atoms with Crippen molar-refractivity contribution >= 4 is 5.91 Å². The van der Waals surface area contributed by atoms with Crippen molar-refractivity contribution < 1.29 is 14.3 Å². The van der Waals surface area contributed by atoms with Gasteiger partial charge < -0.3 is 14.4 Å². The van der Waals surface area contributed by atoms with Gasteiger partial charge in [0.25, 0.3) is 5.91 Å². The molecular formula is C20H25N3O3. The molecule has 0 radical (unpaired) electrons. The number of hydrogen-bond donors (Lipinski definition) is 0. The predicted molar refractivity (Wildman–Crippen MR) is 99.6 cm³/mol. The van der Waals surface area contributed by atoms with Crippen molar-refractivity contribution in [2.24, 2.45) is 0 Å². The Morgan fingerprint density at radius 1 is 1.00 bits per heavy atom. The van der Waals surface area contributed by atoms with E-state index in [-0.39, 0.29) is 5.91 Å². The predicted octanol–water partition coefficient (Wildman–Crippen LogP) is 2.45. The lowest BCUT2D eigenvalue weighted by atomic mass is 10.2. The summed E-state index contributed by atoms with van der Waals surface area (Å²) < 4.78 is 10.3. The van der Waals surface area contributed by atoms with E-state index < -0.39 is 0 Å². The van der Waals surface area contributed by atoms with E-state index in [0.717, 1.165) is 44.9 Å². The molecule has 1 fully saturated rings. The van der Waals surface area contributed by atoms with Crippen molar-refractivity contribution in [3.63, 3.8) is 0 Å². The Morgan fingerprint density at radius 3 is 2.46 bits per heavy atom. The van der Waals surface area contributed by atoms with E-state index in [1.54, 1.807) is 32.5 Å². The van der Waals surface area contributed by atoms with Crippen LogP contribution in [0.3, 0.4) is 0 Å². The van der Waals surface area contributed by atoms with Gasteiger partial charge in [0.05, 0.1) is 19.8 Å². The topological polar surface area (TPSA) is 54.9 Å². The quantitative estimate of drug-likeness (QED) is 0.825. The summed E-state index contributed by atoms with van der Waals surface area (Å²) in [5.41, 5.74) is 1.86. The first-order valence-electron chi connectivity index (χ1n) is 8.84. The van der Waals surface area contributed by atoms with Gasteiger partial charge in [0.2, 0.25) is 5.88 Å². The number of methoxy groups -OCH3 is 2. The maximum atomic E-state index is 12.7. The molecule has 3 rings (SSSR count). The maximum absolute atomic E-state index is 12.7. The molecule has 6 heteroatoms. The summed E-state index contributed by atoms with van der Waals surface area (Å²) in [5.74, 6) is 1.42. The van der Waals surface area contributed by atoms with E-state index in [9.17, 15) is 4.79 Å². The molecule has 0 aliphatic carbocycles. The number of pyridine rings is 1. The van der Waals surface area contributed by atoms with Gasteiger partial charge in [-0.15, -0.1) is 0 Å². The van der Waals surface area contributed by atoms with Crippen LogP contribution in [0.25, 0.3) is 0 Å². The SMILES string of the molecule is COc1ccc(CN2CCCN(C(=O)c3ccc(OC)nc3)CC2)cc1. The van der Waals surface area contributed by atoms with Gasteiger partial charge in [-0.3, -0.25) is 9.69 Å². The monoisotopic (exact) mass is 355 g/mol. The molecular weight excluding hydrogens is 330 g/mol. The Bertz CT molecular complexity index is 716. The number of benzene rings is 1. The van der Waals surface area contributed by atoms with Gasteiger partial charge in [-0.1, -0.05) is 12.1 Å². The highest BCUT2D eigenvalue weighted by molar-refractivity contribution is 5.94. The summed E-state index contributed by atoms with van der Waals surface area (Å²) in [6, 6.07) is 11.7. The molecule has 2 aromatic rings. The summed E-state index contributed by atoms with van der Waals surface area (Å²) in [6.45, 7) is 4.22. The summed E-state index contributed by atoms with van der Waals surface area (Å²) in [6.07, 6.45) is 2.55. The summed E-state index contributed by atoms with van der Waals surface area (Å²) in [7, 11) is 3.24. The fourth-order valence-electron chi connectivity index (χ4n) is 3.13. The second kappa shape index (κ2) is 8.67. The van der Waals surface area contributed by atoms with Crippen molar-refractivity contribution in [3.05, 3.63) is 53.7 Å². The van der Waals surface area contributed by atoms with E-state index in [1.807, 2.05) is 17.0 Å². The molecule has 1 amide bonds. The standard InChI is InChI=1S/C20H25N3O3/c1-25-18-7-4-16(5-8-18)15-22-10-3-11-23(13-12-22)20(24)17-6-9-19(26-2)21-14-17/h4-9,14H,3,10-13,15H2,1-2H3. The summed E-state index contributed by atoms with van der Waals surface area (Å²) in [4.78, 5) is 21.1. The van der Waals surface area contributed by atoms with Crippen molar-refractivity contribution in [1.82, 2.24) is 14.8 Å². The number of ether oxygens (including phenoxy) is 2. The smallest absolute Gasteiger partial charge is 0.255 e. The minimum Gasteiger partial charge on any atom is -0.497 e. The molecule has 0 spiro atoms. The first-order valence-corrected chi connectivity index (χ1v) is 8.84. The van der Waals surface area contributed by atoms with Crippen LogP contribution in [0.15, 0.2) is 42.6 Å². The zero-order valence-electron chi connectivity index (χ0n) is 15.4. The van der Waals surface area contributed by atoms with Crippen LogP contribution in [0.5, 0.6) is 11.6 Å². The zero-order chi connectivity index (χ0) is 18.4. The molecule has 1 saturated heterocycles. The van der Waals surface area contributed by atoms with Crippen LogP contribution >= 0.6 is 0 Å². The number of hydrogen-bond acceptors (Lipinski definition) is 5. The number of aromatic nitrogens is 1. The Labute approximate surface area is 154 Å². The lowest BCUT2D eigenvalue weighted by molar-refractivity contribution is 0.0760. The fraction of sp³-hybridized carbons (Fsp3) is 0.400. The Morgan fingerprint density at radius 2 is 1.81 bits per heavy atom. The molecule has 6 nitrogen and oxygen atoms in total. The number of nitrogens with zero attached hydrogens (tertiary/aromatic N) is 3. The van der Waals surface area contributed by atoms with Crippen LogP contribution in [-0.2, 0) is 6.54 Å². The van der Waals surface area contributed by atoms with Crippen LogP contribution in [0.4, 0.5) is 0 Å². The van der Waals surface area contributed by atoms with E-state index in [2.05, 4.69) is 22.0 Å². The average molecular weight is 355 g/mol. The first kappa shape index (κ1) is 18.2. The molecule has 1 aromatic carbocycles. The number of rotatable bonds is 5. The highest BCUT2D eigenvalue weighted by Crippen LogP contribution is 2.15. The molecule has 0 saturated carbocycles. The van der Waals surface area contributed by atoms with Crippen molar-refractivity contribution in [2.75, 3.05) is 40.4 Å². The second-order valence-corrected chi connectivity index (χ2v) is 6.36. The molecule has 0 unspecified atom stereocenters. The van der Waals surface area contributed by atoms with Crippen LogP contribution in [0.1, 0.15) is 22.3 Å². The van der Waals surface area contributed by atoms with Gasteiger partial charge >= 0.3 is 0 Å². The summed E-state index contributed by atoms with van der Waals surface area (Å²) in [5, 5.41) is 0. The molecule has 2 heterocycles. The van der Waals surface area contributed by atoms with Gasteiger partial charge in [0, 0.05) is 45.0 Å². The third kappa shape index (κ3) is 4.52. The highest BCUT2D eigenvalue weighted by atomic mass is 16.5. The van der Waals surface area contributed by atoms with Crippen LogP contribution in [0, 0.1) is 0 Å². The van der Waals surface area contributed by atoms with Gasteiger partial charge in [-0.25, -0.2) is 4.98 Å². The Hall–Kier alpha value is -2.60. The normalized spacial score (nSPS) is 15.4. The van der Waals surface area contributed by atoms with Crippen molar-refractivity contribution in [2.45, 2.75) is 13.0 Å². The largest absolute Gasteiger partial charge is 0.497 e.